The topological polar surface area (TPSA) is 41.1 Å². The van der Waals surface area contributed by atoms with Crippen LogP contribution in [0.3, 0.4) is 0 Å². The molecule has 2 N–H and O–H groups in total. The van der Waals surface area contributed by atoms with Crippen molar-refractivity contribution in [1.29, 1.82) is 0 Å². The van der Waals surface area contributed by atoms with Gasteiger partial charge in [-0.3, -0.25) is 4.79 Å². The van der Waals surface area contributed by atoms with Gasteiger partial charge in [-0.2, -0.15) is 0 Å². The Morgan fingerprint density at radius 2 is 2.05 bits per heavy atom. The van der Waals surface area contributed by atoms with Crippen molar-refractivity contribution in [1.82, 2.24) is 10.6 Å². The van der Waals surface area contributed by atoms with E-state index in [1.54, 1.807) is 0 Å². The lowest BCUT2D eigenvalue weighted by atomic mass is 9.93. The van der Waals surface area contributed by atoms with Crippen LogP contribution < -0.4 is 10.6 Å². The van der Waals surface area contributed by atoms with Crippen LogP contribution in [0.5, 0.6) is 0 Å². The number of halogens is 1. The molecule has 1 amide bonds. The van der Waals surface area contributed by atoms with Crippen LogP contribution in [0.4, 0.5) is 0 Å². The van der Waals surface area contributed by atoms with E-state index in [4.69, 9.17) is 0 Å². The number of carbonyl (C=O) groups is 1. The SMILES string of the molecule is CC(C)(C)C(=O)NCC1NCCc2ccccc21.Cl. The van der Waals surface area contributed by atoms with Crippen LogP contribution >= 0.6 is 12.4 Å². The van der Waals surface area contributed by atoms with Gasteiger partial charge in [0.25, 0.3) is 0 Å². The maximum atomic E-state index is 11.9. The molecule has 1 aliphatic heterocycles. The molecule has 106 valence electrons. The molecular formula is C15H23ClN2O. The van der Waals surface area contributed by atoms with Gasteiger partial charge in [-0.15, -0.1) is 12.4 Å². The quantitative estimate of drug-likeness (QED) is 0.875. The largest absolute Gasteiger partial charge is 0.354 e. The average Bonchev–Trinajstić information content (AvgIpc) is 2.34. The first-order valence-electron chi connectivity index (χ1n) is 6.58. The number of rotatable bonds is 2. The Bertz CT molecular complexity index is 440. The Kier molecular flexibility index (Phi) is 5.39. The summed E-state index contributed by atoms with van der Waals surface area (Å²) in [5, 5.41) is 6.50. The standard InChI is InChI=1S/C15H22N2O.ClH/c1-15(2,3)14(18)17-10-13-12-7-5-4-6-11(12)8-9-16-13;/h4-7,13,16H,8-10H2,1-3H3,(H,17,18);1H. The number of nitrogens with one attached hydrogen (secondary N) is 2. The van der Waals surface area contributed by atoms with E-state index in [-0.39, 0.29) is 29.8 Å². The van der Waals surface area contributed by atoms with E-state index < -0.39 is 0 Å². The smallest absolute Gasteiger partial charge is 0.225 e. The van der Waals surface area contributed by atoms with E-state index in [1.165, 1.54) is 11.1 Å². The number of carbonyl (C=O) groups excluding carboxylic acids is 1. The molecule has 1 aliphatic rings. The minimum atomic E-state index is -0.325. The van der Waals surface area contributed by atoms with Crippen molar-refractivity contribution in [2.75, 3.05) is 13.1 Å². The molecule has 0 saturated carbocycles. The van der Waals surface area contributed by atoms with Crippen LogP contribution in [0.15, 0.2) is 24.3 Å². The molecule has 3 nitrogen and oxygen atoms in total. The van der Waals surface area contributed by atoms with Gasteiger partial charge in [0.1, 0.15) is 0 Å². The second-order valence-electron chi connectivity index (χ2n) is 5.92. The first-order valence-corrected chi connectivity index (χ1v) is 6.58. The Morgan fingerprint density at radius 3 is 2.74 bits per heavy atom. The molecule has 0 aromatic heterocycles. The third-order valence-corrected chi connectivity index (χ3v) is 3.36. The van der Waals surface area contributed by atoms with Gasteiger partial charge in [-0.1, -0.05) is 45.0 Å². The van der Waals surface area contributed by atoms with Gasteiger partial charge < -0.3 is 10.6 Å². The van der Waals surface area contributed by atoms with E-state index in [9.17, 15) is 4.79 Å². The molecule has 4 heteroatoms. The van der Waals surface area contributed by atoms with E-state index in [0.717, 1.165) is 13.0 Å². The summed E-state index contributed by atoms with van der Waals surface area (Å²) in [4.78, 5) is 11.9. The molecule has 2 rings (SSSR count). The predicted molar refractivity (Wildman–Crippen MR) is 80.6 cm³/mol. The third-order valence-electron chi connectivity index (χ3n) is 3.36. The minimum Gasteiger partial charge on any atom is -0.354 e. The Balaban J connectivity index is 0.00000180. The number of benzene rings is 1. The second-order valence-corrected chi connectivity index (χ2v) is 5.92. The molecule has 0 fully saturated rings. The van der Waals surface area contributed by atoms with Gasteiger partial charge in [-0.05, 0) is 24.1 Å². The highest BCUT2D eigenvalue weighted by atomic mass is 35.5. The third kappa shape index (κ3) is 3.95. The summed E-state index contributed by atoms with van der Waals surface area (Å²) in [6.07, 6.45) is 1.07. The maximum Gasteiger partial charge on any atom is 0.225 e. The van der Waals surface area contributed by atoms with E-state index in [1.807, 2.05) is 20.8 Å². The van der Waals surface area contributed by atoms with Gasteiger partial charge in [0, 0.05) is 18.0 Å². The summed E-state index contributed by atoms with van der Waals surface area (Å²) in [5.74, 6) is 0.104. The molecule has 1 atom stereocenters. The van der Waals surface area contributed by atoms with E-state index in [0.29, 0.717) is 6.54 Å². The monoisotopic (exact) mass is 282 g/mol. The average molecular weight is 283 g/mol. The highest BCUT2D eigenvalue weighted by Gasteiger charge is 2.24. The first-order chi connectivity index (χ1) is 8.48. The molecule has 0 saturated heterocycles. The molecule has 0 spiro atoms. The summed E-state index contributed by atoms with van der Waals surface area (Å²) in [7, 11) is 0. The fourth-order valence-corrected chi connectivity index (χ4v) is 2.23. The van der Waals surface area contributed by atoms with Crippen LogP contribution in [-0.4, -0.2) is 19.0 Å². The summed E-state index contributed by atoms with van der Waals surface area (Å²) in [5.41, 5.74) is 2.39. The Labute approximate surface area is 121 Å². The fourth-order valence-electron chi connectivity index (χ4n) is 2.23. The summed E-state index contributed by atoms with van der Waals surface area (Å²) < 4.78 is 0. The molecule has 0 bridgehead atoms. The number of amides is 1. The van der Waals surface area contributed by atoms with Crippen LogP contribution in [0.25, 0.3) is 0 Å². The highest BCUT2D eigenvalue weighted by molar-refractivity contribution is 5.85. The lowest BCUT2D eigenvalue weighted by Crippen LogP contribution is -2.42. The molecule has 0 radical (unpaired) electrons. The van der Waals surface area contributed by atoms with Gasteiger partial charge in [-0.25, -0.2) is 0 Å². The zero-order valence-corrected chi connectivity index (χ0v) is 12.6. The number of hydrogen-bond acceptors (Lipinski definition) is 2. The zero-order chi connectivity index (χ0) is 13.2. The normalized spacial score (nSPS) is 18.2. The van der Waals surface area contributed by atoms with Crippen molar-refractivity contribution >= 4 is 18.3 Å². The van der Waals surface area contributed by atoms with Crippen molar-refractivity contribution in [3.8, 4) is 0 Å². The molecule has 1 aromatic carbocycles. The lowest BCUT2D eigenvalue weighted by molar-refractivity contribution is -0.128. The Morgan fingerprint density at radius 1 is 1.37 bits per heavy atom. The molecule has 0 aliphatic carbocycles. The van der Waals surface area contributed by atoms with Gasteiger partial charge >= 0.3 is 0 Å². The minimum absolute atomic E-state index is 0. The molecule has 1 heterocycles. The summed E-state index contributed by atoms with van der Waals surface area (Å²) in [6, 6.07) is 8.70. The van der Waals surface area contributed by atoms with E-state index >= 15 is 0 Å². The maximum absolute atomic E-state index is 11.9. The zero-order valence-electron chi connectivity index (χ0n) is 11.8. The molecule has 19 heavy (non-hydrogen) atoms. The Hall–Kier alpha value is -1.06. The van der Waals surface area contributed by atoms with Crippen LogP contribution in [0.1, 0.15) is 37.9 Å². The lowest BCUT2D eigenvalue weighted by Gasteiger charge is -2.28. The van der Waals surface area contributed by atoms with Crippen LogP contribution in [0, 0.1) is 5.41 Å². The van der Waals surface area contributed by atoms with Gasteiger partial charge in [0.05, 0.1) is 0 Å². The highest BCUT2D eigenvalue weighted by Crippen LogP contribution is 2.22. The first kappa shape index (κ1) is 16.0. The van der Waals surface area contributed by atoms with Crippen molar-refractivity contribution in [3.63, 3.8) is 0 Å². The number of fused-ring (bicyclic) bond motifs is 1. The van der Waals surface area contributed by atoms with Crippen molar-refractivity contribution in [2.45, 2.75) is 33.2 Å². The van der Waals surface area contributed by atoms with Crippen molar-refractivity contribution < 1.29 is 4.79 Å². The van der Waals surface area contributed by atoms with Crippen LogP contribution in [0.2, 0.25) is 0 Å². The molecular weight excluding hydrogens is 260 g/mol. The fraction of sp³-hybridized carbons (Fsp3) is 0.533. The van der Waals surface area contributed by atoms with Gasteiger partial charge in [0.15, 0.2) is 0 Å². The van der Waals surface area contributed by atoms with Crippen molar-refractivity contribution in [2.24, 2.45) is 5.41 Å². The van der Waals surface area contributed by atoms with Crippen LogP contribution in [-0.2, 0) is 11.2 Å². The number of hydrogen-bond donors (Lipinski definition) is 2. The predicted octanol–water partition coefficient (Wildman–Crippen LogP) is 2.46. The second kappa shape index (κ2) is 6.40. The molecule has 1 unspecified atom stereocenters. The summed E-state index contributed by atoms with van der Waals surface area (Å²) in [6.45, 7) is 7.44. The summed E-state index contributed by atoms with van der Waals surface area (Å²) >= 11 is 0. The van der Waals surface area contributed by atoms with Gasteiger partial charge in [0.2, 0.25) is 5.91 Å². The van der Waals surface area contributed by atoms with Crippen molar-refractivity contribution in [3.05, 3.63) is 35.4 Å². The van der Waals surface area contributed by atoms with E-state index in [2.05, 4.69) is 34.9 Å². The molecule has 1 aromatic rings.